The van der Waals surface area contributed by atoms with Crippen LogP contribution in [-0.4, -0.2) is 17.1 Å². The molecule has 0 radical (unpaired) electrons. The number of carbonyl (C=O) groups excluding carboxylic acids is 1. The van der Waals surface area contributed by atoms with E-state index in [2.05, 4.69) is 11.4 Å². The fraction of sp³-hybridized carbons (Fsp3) is 0.280. The SMILES string of the molecule is CC=CCCOC(C[n+]1ccn(C(C)C(=O)Nc2ccccc2Cl)c1)c1ccc(Cl)cc1Cl. The first-order chi connectivity index (χ1) is 15.9. The van der Waals surface area contributed by atoms with Gasteiger partial charge in [0.2, 0.25) is 6.33 Å². The molecule has 174 valence electrons. The molecule has 1 heterocycles. The fourth-order valence-electron chi connectivity index (χ4n) is 3.32. The van der Waals surface area contributed by atoms with Gasteiger partial charge in [-0.1, -0.05) is 65.2 Å². The molecule has 2 atom stereocenters. The van der Waals surface area contributed by atoms with Crippen molar-refractivity contribution in [1.29, 1.82) is 0 Å². The zero-order chi connectivity index (χ0) is 23.8. The van der Waals surface area contributed by atoms with Gasteiger partial charge in [-0.3, -0.25) is 4.79 Å². The van der Waals surface area contributed by atoms with Crippen molar-refractivity contribution in [3.05, 3.63) is 94.0 Å². The van der Waals surface area contributed by atoms with Crippen LogP contribution in [0.2, 0.25) is 15.1 Å². The number of rotatable bonds is 10. The smallest absolute Gasteiger partial charge is 0.269 e. The Kier molecular flexibility index (Phi) is 9.39. The number of carbonyl (C=O) groups is 1. The molecule has 0 spiro atoms. The summed E-state index contributed by atoms with van der Waals surface area (Å²) in [5.74, 6) is -0.161. The van der Waals surface area contributed by atoms with Crippen LogP contribution in [0.1, 0.15) is 38.0 Å². The number of anilines is 1. The summed E-state index contributed by atoms with van der Waals surface area (Å²) in [7, 11) is 0. The lowest BCUT2D eigenvalue weighted by atomic mass is 10.1. The molecule has 0 fully saturated rings. The highest BCUT2D eigenvalue weighted by Gasteiger charge is 2.23. The lowest BCUT2D eigenvalue weighted by Crippen LogP contribution is -2.36. The van der Waals surface area contributed by atoms with Gasteiger partial charge >= 0.3 is 0 Å². The second-order valence-electron chi connectivity index (χ2n) is 7.59. The number of hydrogen-bond donors (Lipinski definition) is 1. The molecule has 0 aliphatic heterocycles. The second-order valence-corrected chi connectivity index (χ2v) is 8.84. The summed E-state index contributed by atoms with van der Waals surface area (Å²) in [5.41, 5.74) is 1.45. The maximum absolute atomic E-state index is 12.7. The number of hydrogen-bond acceptors (Lipinski definition) is 2. The van der Waals surface area contributed by atoms with Gasteiger partial charge in [0.05, 0.1) is 17.3 Å². The molecular formula is C25H27Cl3N3O2+. The van der Waals surface area contributed by atoms with Crippen LogP contribution >= 0.6 is 34.8 Å². The molecule has 8 heteroatoms. The zero-order valence-corrected chi connectivity index (χ0v) is 20.8. The summed E-state index contributed by atoms with van der Waals surface area (Å²) >= 11 is 18.7. The van der Waals surface area contributed by atoms with Crippen LogP contribution in [0.3, 0.4) is 0 Å². The summed E-state index contributed by atoms with van der Waals surface area (Å²) in [6.07, 6.45) is 10.2. The Bertz CT molecular complexity index is 1110. The van der Waals surface area contributed by atoms with Gasteiger partial charge in [0.25, 0.3) is 5.91 Å². The van der Waals surface area contributed by atoms with Gasteiger partial charge < -0.3 is 10.1 Å². The Morgan fingerprint density at radius 1 is 1.18 bits per heavy atom. The first kappa shape index (κ1) is 25.3. The van der Waals surface area contributed by atoms with Crippen molar-refractivity contribution < 1.29 is 14.1 Å². The molecule has 1 N–H and O–H groups in total. The highest BCUT2D eigenvalue weighted by atomic mass is 35.5. The lowest BCUT2D eigenvalue weighted by molar-refractivity contribution is -0.704. The van der Waals surface area contributed by atoms with E-state index in [0.717, 1.165) is 12.0 Å². The third kappa shape index (κ3) is 7.08. The van der Waals surface area contributed by atoms with Crippen molar-refractivity contribution in [2.45, 2.75) is 39.0 Å². The van der Waals surface area contributed by atoms with Gasteiger partial charge in [0, 0.05) is 15.6 Å². The van der Waals surface area contributed by atoms with E-state index in [1.165, 1.54) is 0 Å². The minimum Gasteiger partial charge on any atom is -0.369 e. The van der Waals surface area contributed by atoms with Gasteiger partial charge in [-0.2, -0.15) is 0 Å². The van der Waals surface area contributed by atoms with Crippen molar-refractivity contribution in [1.82, 2.24) is 4.57 Å². The zero-order valence-electron chi connectivity index (χ0n) is 18.5. The van der Waals surface area contributed by atoms with Crippen molar-refractivity contribution in [3.63, 3.8) is 0 Å². The Labute approximate surface area is 209 Å². The van der Waals surface area contributed by atoms with E-state index in [0.29, 0.717) is 33.9 Å². The fourth-order valence-corrected chi connectivity index (χ4v) is 4.04. The maximum Gasteiger partial charge on any atom is 0.269 e. The third-order valence-electron chi connectivity index (χ3n) is 5.20. The van der Waals surface area contributed by atoms with Gasteiger partial charge in [-0.05, 0) is 44.5 Å². The number of amides is 1. The number of nitrogens with zero attached hydrogens (tertiary/aromatic N) is 2. The van der Waals surface area contributed by atoms with Crippen molar-refractivity contribution >= 4 is 46.4 Å². The molecule has 33 heavy (non-hydrogen) atoms. The average Bonchev–Trinajstić information content (AvgIpc) is 3.25. The van der Waals surface area contributed by atoms with Crippen LogP contribution in [0.4, 0.5) is 5.69 Å². The summed E-state index contributed by atoms with van der Waals surface area (Å²) in [6.45, 7) is 4.90. The largest absolute Gasteiger partial charge is 0.369 e. The standard InChI is InChI=1S/C25H26Cl3N3O2/c1-3-4-7-14-33-24(20-11-10-19(26)15-22(20)28)16-30-12-13-31(17-30)18(2)25(32)29-23-9-6-5-8-21(23)27/h3-6,8-13,15,17-18,24H,7,14,16H2,1-2H3/p+1. The number of nitrogens with one attached hydrogen (secondary N) is 1. The van der Waals surface area contributed by atoms with Gasteiger partial charge in [-0.15, -0.1) is 0 Å². The van der Waals surface area contributed by atoms with Crippen LogP contribution in [0, 0.1) is 0 Å². The number of aromatic nitrogens is 2. The minimum atomic E-state index is -0.435. The molecule has 3 aromatic rings. The van der Waals surface area contributed by atoms with Crippen LogP contribution in [0.5, 0.6) is 0 Å². The van der Waals surface area contributed by atoms with Crippen LogP contribution < -0.4 is 9.88 Å². The second kappa shape index (κ2) is 12.2. The molecular weight excluding hydrogens is 481 g/mol. The van der Waals surface area contributed by atoms with Gasteiger partial charge in [0.15, 0.2) is 6.04 Å². The van der Waals surface area contributed by atoms with Crippen LogP contribution in [0.15, 0.2) is 73.3 Å². The molecule has 5 nitrogen and oxygen atoms in total. The molecule has 2 unspecified atom stereocenters. The maximum atomic E-state index is 12.7. The average molecular weight is 508 g/mol. The number of para-hydroxylation sites is 1. The first-order valence-electron chi connectivity index (χ1n) is 10.7. The molecule has 2 aromatic carbocycles. The van der Waals surface area contributed by atoms with Gasteiger partial charge in [0.1, 0.15) is 25.0 Å². The Morgan fingerprint density at radius 3 is 2.70 bits per heavy atom. The molecule has 0 aliphatic carbocycles. The monoisotopic (exact) mass is 506 g/mol. The number of imidazole rings is 1. The molecule has 0 saturated heterocycles. The van der Waals surface area contributed by atoms with Crippen LogP contribution in [0.25, 0.3) is 0 Å². The van der Waals surface area contributed by atoms with E-state index in [-0.39, 0.29) is 12.0 Å². The Morgan fingerprint density at radius 2 is 1.97 bits per heavy atom. The number of ether oxygens (including phenoxy) is 1. The van der Waals surface area contributed by atoms with E-state index in [1.54, 1.807) is 18.2 Å². The minimum absolute atomic E-state index is 0.161. The summed E-state index contributed by atoms with van der Waals surface area (Å²) in [4.78, 5) is 12.7. The summed E-state index contributed by atoms with van der Waals surface area (Å²) in [6, 6.07) is 12.1. The lowest BCUT2D eigenvalue weighted by Gasteiger charge is -2.18. The van der Waals surface area contributed by atoms with Crippen molar-refractivity contribution in [2.75, 3.05) is 11.9 Å². The van der Waals surface area contributed by atoms with Crippen molar-refractivity contribution in [2.24, 2.45) is 0 Å². The number of halogens is 3. The Balaban J connectivity index is 1.72. The van der Waals surface area contributed by atoms with E-state index in [1.807, 2.05) is 72.0 Å². The van der Waals surface area contributed by atoms with E-state index < -0.39 is 6.04 Å². The topological polar surface area (TPSA) is 47.1 Å². The summed E-state index contributed by atoms with van der Waals surface area (Å²) in [5, 5.41) is 4.51. The van der Waals surface area contributed by atoms with Crippen LogP contribution in [-0.2, 0) is 16.1 Å². The highest BCUT2D eigenvalue weighted by Crippen LogP contribution is 2.29. The van der Waals surface area contributed by atoms with E-state index in [4.69, 9.17) is 39.5 Å². The molecule has 0 bridgehead atoms. The predicted octanol–water partition coefficient (Wildman–Crippen LogP) is 6.66. The molecule has 1 aromatic heterocycles. The van der Waals surface area contributed by atoms with E-state index >= 15 is 0 Å². The van der Waals surface area contributed by atoms with E-state index in [9.17, 15) is 4.79 Å². The molecule has 1 amide bonds. The Hall–Kier alpha value is -2.31. The third-order valence-corrected chi connectivity index (χ3v) is 6.09. The summed E-state index contributed by atoms with van der Waals surface area (Å²) < 4.78 is 9.98. The highest BCUT2D eigenvalue weighted by molar-refractivity contribution is 6.35. The molecule has 3 rings (SSSR count). The van der Waals surface area contributed by atoms with Crippen molar-refractivity contribution in [3.8, 4) is 0 Å². The number of benzene rings is 2. The first-order valence-corrected chi connectivity index (χ1v) is 11.8. The molecule has 0 saturated carbocycles. The number of allylic oxidation sites excluding steroid dienone is 1. The van der Waals surface area contributed by atoms with Gasteiger partial charge in [-0.25, -0.2) is 9.13 Å². The molecule has 0 aliphatic rings. The predicted molar refractivity (Wildman–Crippen MR) is 134 cm³/mol. The quantitative estimate of drug-likeness (QED) is 0.189. The normalized spacial score (nSPS) is 13.2.